The third kappa shape index (κ3) is 3.33. The van der Waals surface area contributed by atoms with Crippen molar-refractivity contribution in [2.24, 2.45) is 0 Å². The Balaban J connectivity index is 1.86. The fourth-order valence-corrected chi connectivity index (χ4v) is 2.55. The van der Waals surface area contributed by atoms with Crippen LogP contribution in [0.5, 0.6) is 0 Å². The predicted octanol–water partition coefficient (Wildman–Crippen LogP) is 3.66. The van der Waals surface area contributed by atoms with Crippen molar-refractivity contribution in [1.82, 2.24) is 4.98 Å². The van der Waals surface area contributed by atoms with Gasteiger partial charge in [0.1, 0.15) is 12.0 Å². The lowest BCUT2D eigenvalue weighted by atomic mass is 10.1. The SMILES string of the molecule is CN(C)c1ccc(-c2coc(-c3ccc(S(=O)O)cc3)n2)cc1. The van der Waals surface area contributed by atoms with E-state index in [0.717, 1.165) is 22.5 Å². The summed E-state index contributed by atoms with van der Waals surface area (Å²) in [4.78, 5) is 6.86. The largest absolute Gasteiger partial charge is 0.444 e. The van der Waals surface area contributed by atoms with Crippen LogP contribution in [-0.4, -0.2) is 27.8 Å². The third-order valence-corrected chi connectivity index (χ3v) is 4.16. The number of hydrogen-bond donors (Lipinski definition) is 1. The highest BCUT2D eigenvalue weighted by atomic mass is 32.2. The van der Waals surface area contributed by atoms with Crippen molar-refractivity contribution in [1.29, 1.82) is 0 Å². The van der Waals surface area contributed by atoms with Crippen molar-refractivity contribution < 1.29 is 13.2 Å². The van der Waals surface area contributed by atoms with Crippen molar-refractivity contribution in [2.45, 2.75) is 4.90 Å². The summed E-state index contributed by atoms with van der Waals surface area (Å²) in [5, 5.41) is 0. The van der Waals surface area contributed by atoms with Gasteiger partial charge in [-0.3, -0.25) is 0 Å². The van der Waals surface area contributed by atoms with Gasteiger partial charge in [-0.25, -0.2) is 9.19 Å². The van der Waals surface area contributed by atoms with Crippen LogP contribution in [0.1, 0.15) is 0 Å². The number of rotatable bonds is 4. The van der Waals surface area contributed by atoms with Crippen LogP contribution in [0.3, 0.4) is 0 Å². The van der Waals surface area contributed by atoms with Crippen molar-refractivity contribution in [2.75, 3.05) is 19.0 Å². The fourth-order valence-electron chi connectivity index (χ4n) is 2.18. The topological polar surface area (TPSA) is 66.6 Å². The molecule has 0 saturated carbocycles. The standard InChI is InChI=1S/C17H16N2O3S/c1-19(2)14-7-3-12(4-8-14)16-11-22-17(18-16)13-5-9-15(10-6-13)23(20)21/h3-11H,1-2H3,(H,20,21). The van der Waals surface area contributed by atoms with Crippen molar-refractivity contribution in [3.05, 3.63) is 54.8 Å². The molecular weight excluding hydrogens is 312 g/mol. The molecule has 1 atom stereocenters. The highest BCUT2D eigenvalue weighted by molar-refractivity contribution is 7.79. The van der Waals surface area contributed by atoms with Gasteiger partial charge in [-0.1, -0.05) is 12.1 Å². The van der Waals surface area contributed by atoms with E-state index in [1.807, 2.05) is 43.3 Å². The first-order valence-corrected chi connectivity index (χ1v) is 8.10. The molecule has 0 amide bonds. The maximum absolute atomic E-state index is 11.0. The van der Waals surface area contributed by atoms with Crippen LogP contribution in [-0.2, 0) is 11.1 Å². The first kappa shape index (κ1) is 15.5. The zero-order chi connectivity index (χ0) is 16.4. The van der Waals surface area contributed by atoms with Crippen LogP contribution >= 0.6 is 0 Å². The highest BCUT2D eigenvalue weighted by Gasteiger charge is 2.09. The van der Waals surface area contributed by atoms with Crippen LogP contribution in [0.15, 0.2) is 64.1 Å². The maximum Gasteiger partial charge on any atom is 0.226 e. The molecule has 1 unspecified atom stereocenters. The molecule has 0 saturated heterocycles. The van der Waals surface area contributed by atoms with E-state index in [9.17, 15) is 4.21 Å². The second-order valence-corrected chi connectivity index (χ2v) is 6.22. The molecule has 0 aliphatic heterocycles. The summed E-state index contributed by atoms with van der Waals surface area (Å²) in [6.45, 7) is 0. The molecule has 0 radical (unpaired) electrons. The zero-order valence-electron chi connectivity index (χ0n) is 12.8. The van der Waals surface area contributed by atoms with Crippen LogP contribution in [0, 0.1) is 0 Å². The number of nitrogens with zero attached hydrogens (tertiary/aromatic N) is 2. The van der Waals surface area contributed by atoms with Crippen molar-refractivity contribution >= 4 is 16.8 Å². The summed E-state index contributed by atoms with van der Waals surface area (Å²) in [6.07, 6.45) is 1.61. The second kappa shape index (κ2) is 6.36. The van der Waals surface area contributed by atoms with E-state index in [-0.39, 0.29) is 0 Å². The second-order valence-electron chi connectivity index (χ2n) is 5.25. The predicted molar refractivity (Wildman–Crippen MR) is 90.7 cm³/mol. The van der Waals surface area contributed by atoms with Gasteiger partial charge in [0.15, 0.2) is 11.1 Å². The minimum Gasteiger partial charge on any atom is -0.444 e. The molecular formula is C17H16N2O3S. The lowest BCUT2D eigenvalue weighted by Gasteiger charge is -2.11. The first-order chi connectivity index (χ1) is 11.0. The summed E-state index contributed by atoms with van der Waals surface area (Å²) in [5.74, 6) is 0.479. The van der Waals surface area contributed by atoms with E-state index < -0.39 is 11.1 Å². The molecule has 0 bridgehead atoms. The monoisotopic (exact) mass is 328 g/mol. The molecule has 0 spiro atoms. The van der Waals surface area contributed by atoms with Gasteiger partial charge in [-0.2, -0.15) is 0 Å². The van der Waals surface area contributed by atoms with Crippen LogP contribution in [0.25, 0.3) is 22.7 Å². The molecule has 1 heterocycles. The fraction of sp³-hybridized carbons (Fsp3) is 0.118. The smallest absolute Gasteiger partial charge is 0.226 e. The Morgan fingerprint density at radius 3 is 2.17 bits per heavy atom. The van der Waals surface area contributed by atoms with E-state index in [1.54, 1.807) is 30.5 Å². The van der Waals surface area contributed by atoms with Gasteiger partial charge >= 0.3 is 0 Å². The lowest BCUT2D eigenvalue weighted by molar-refractivity contribution is 0.564. The van der Waals surface area contributed by atoms with Crippen LogP contribution < -0.4 is 4.90 Å². The summed E-state index contributed by atoms with van der Waals surface area (Å²) >= 11 is -1.98. The lowest BCUT2D eigenvalue weighted by Crippen LogP contribution is -2.07. The van der Waals surface area contributed by atoms with Gasteiger partial charge in [0.05, 0.1) is 4.90 Å². The molecule has 3 aromatic rings. The molecule has 118 valence electrons. The first-order valence-electron chi connectivity index (χ1n) is 6.99. The van der Waals surface area contributed by atoms with Crippen molar-refractivity contribution in [3.8, 4) is 22.7 Å². The molecule has 0 aliphatic rings. The molecule has 0 fully saturated rings. The van der Waals surface area contributed by atoms with Gasteiger partial charge in [-0.05, 0) is 36.4 Å². The summed E-state index contributed by atoms with van der Waals surface area (Å²) in [5.41, 5.74) is 3.60. The Morgan fingerprint density at radius 1 is 1.00 bits per heavy atom. The number of aromatic nitrogens is 1. The van der Waals surface area contributed by atoms with Crippen LogP contribution in [0.2, 0.25) is 0 Å². The van der Waals surface area contributed by atoms with Gasteiger partial charge in [0, 0.05) is 30.9 Å². The van der Waals surface area contributed by atoms with Crippen molar-refractivity contribution in [3.63, 3.8) is 0 Å². The normalized spacial score (nSPS) is 12.1. The van der Waals surface area contributed by atoms with Gasteiger partial charge in [-0.15, -0.1) is 0 Å². The Kier molecular flexibility index (Phi) is 4.27. The summed E-state index contributed by atoms with van der Waals surface area (Å²) < 4.78 is 25.5. The number of hydrogen-bond acceptors (Lipinski definition) is 4. The third-order valence-electron chi connectivity index (χ3n) is 3.49. The highest BCUT2D eigenvalue weighted by Crippen LogP contribution is 2.26. The molecule has 0 aliphatic carbocycles. The van der Waals surface area contributed by atoms with Gasteiger partial charge in [0.2, 0.25) is 5.89 Å². The van der Waals surface area contributed by atoms with E-state index in [2.05, 4.69) is 4.98 Å². The Hall–Kier alpha value is -2.44. The van der Waals surface area contributed by atoms with Gasteiger partial charge < -0.3 is 13.9 Å². The Bertz CT molecular complexity index is 824. The van der Waals surface area contributed by atoms with Crippen LogP contribution in [0.4, 0.5) is 5.69 Å². The molecule has 3 rings (SSSR count). The van der Waals surface area contributed by atoms with E-state index in [0.29, 0.717) is 10.8 Å². The van der Waals surface area contributed by atoms with E-state index in [4.69, 9.17) is 8.97 Å². The minimum atomic E-state index is -1.98. The summed E-state index contributed by atoms with van der Waals surface area (Å²) in [7, 11) is 3.98. The zero-order valence-corrected chi connectivity index (χ0v) is 13.6. The molecule has 6 heteroatoms. The molecule has 5 nitrogen and oxygen atoms in total. The van der Waals surface area contributed by atoms with E-state index >= 15 is 0 Å². The number of anilines is 1. The number of benzene rings is 2. The Morgan fingerprint density at radius 2 is 1.61 bits per heavy atom. The average molecular weight is 328 g/mol. The molecule has 1 N–H and O–H groups in total. The Labute approximate surface area is 136 Å². The molecule has 1 aromatic heterocycles. The molecule has 2 aromatic carbocycles. The maximum atomic E-state index is 11.0. The number of oxazole rings is 1. The minimum absolute atomic E-state index is 0.347. The summed E-state index contributed by atoms with van der Waals surface area (Å²) in [6, 6.07) is 14.6. The van der Waals surface area contributed by atoms with Gasteiger partial charge in [0.25, 0.3) is 0 Å². The quantitative estimate of drug-likeness (QED) is 0.740. The van der Waals surface area contributed by atoms with E-state index in [1.165, 1.54) is 0 Å². The average Bonchev–Trinajstić information content (AvgIpc) is 3.05. The molecule has 23 heavy (non-hydrogen) atoms.